The molecule has 4 aromatic rings. The molecule has 2 amide bonds. The lowest BCUT2D eigenvalue weighted by molar-refractivity contribution is -0.140. The molecule has 1 N–H and O–H groups in total. The van der Waals surface area contributed by atoms with Crippen LogP contribution >= 0.6 is 15.9 Å². The molecule has 0 spiro atoms. The Kier molecular flexibility index (Phi) is 11.4. The van der Waals surface area contributed by atoms with Gasteiger partial charge in [0.05, 0.1) is 17.7 Å². The molecule has 4 aromatic carbocycles. The van der Waals surface area contributed by atoms with E-state index in [0.29, 0.717) is 15.9 Å². The molecule has 236 valence electrons. The number of ether oxygens (including phenoxy) is 1. The third-order valence-corrected chi connectivity index (χ3v) is 9.45. The zero-order valence-electron chi connectivity index (χ0n) is 25.8. The summed E-state index contributed by atoms with van der Waals surface area (Å²) in [5.74, 6) is -0.266. The van der Waals surface area contributed by atoms with Crippen LogP contribution < -0.4 is 14.4 Å². The van der Waals surface area contributed by atoms with Crippen molar-refractivity contribution in [1.29, 1.82) is 0 Å². The number of hydrogen-bond donors (Lipinski definition) is 1. The van der Waals surface area contributed by atoms with Crippen molar-refractivity contribution in [2.75, 3.05) is 18.0 Å². The van der Waals surface area contributed by atoms with E-state index in [2.05, 4.69) is 21.2 Å². The summed E-state index contributed by atoms with van der Waals surface area (Å²) in [6, 6.07) is 28.9. The van der Waals surface area contributed by atoms with Crippen LogP contribution in [-0.2, 0) is 32.6 Å². The quantitative estimate of drug-likeness (QED) is 0.182. The number of aryl methyl sites for hydroxylation is 1. The lowest BCUT2D eigenvalue weighted by atomic mass is 10.0. The predicted octanol–water partition coefficient (Wildman–Crippen LogP) is 6.13. The van der Waals surface area contributed by atoms with Crippen molar-refractivity contribution in [3.63, 3.8) is 0 Å². The van der Waals surface area contributed by atoms with Gasteiger partial charge in [-0.25, -0.2) is 8.42 Å². The molecule has 0 radical (unpaired) electrons. The summed E-state index contributed by atoms with van der Waals surface area (Å²) < 4.78 is 35.4. The zero-order chi connectivity index (χ0) is 32.6. The third-order valence-electron chi connectivity index (χ3n) is 7.17. The number of rotatable bonds is 13. The SMILES string of the molecule is COc1cccc(CN(C(=O)CN(c2cccc(Br)c2)S(=O)(=O)c2ccc(C)cc2)[C@@H](Cc2ccccc2)C(=O)NC(C)C)c1. The Hall–Kier alpha value is -4.15. The fourth-order valence-corrected chi connectivity index (χ4v) is 6.69. The number of amides is 2. The smallest absolute Gasteiger partial charge is 0.264 e. The number of carbonyl (C=O) groups is 2. The van der Waals surface area contributed by atoms with E-state index in [1.54, 1.807) is 55.6 Å². The molecule has 1 atom stereocenters. The van der Waals surface area contributed by atoms with Crippen molar-refractivity contribution in [3.8, 4) is 5.75 Å². The maximum atomic E-state index is 14.5. The number of halogens is 1. The van der Waals surface area contributed by atoms with Crippen LogP contribution in [0, 0.1) is 6.92 Å². The van der Waals surface area contributed by atoms with Crippen molar-refractivity contribution in [2.45, 2.75) is 50.7 Å². The van der Waals surface area contributed by atoms with Gasteiger partial charge in [-0.15, -0.1) is 0 Å². The van der Waals surface area contributed by atoms with Crippen molar-refractivity contribution < 1.29 is 22.7 Å². The minimum atomic E-state index is -4.18. The van der Waals surface area contributed by atoms with E-state index in [1.165, 1.54) is 17.0 Å². The minimum absolute atomic E-state index is 0.0515. The highest BCUT2D eigenvalue weighted by atomic mass is 79.9. The van der Waals surface area contributed by atoms with Crippen molar-refractivity contribution in [3.05, 3.63) is 124 Å². The Labute approximate surface area is 274 Å². The van der Waals surface area contributed by atoms with E-state index in [9.17, 15) is 18.0 Å². The molecule has 0 aliphatic heterocycles. The second-order valence-corrected chi connectivity index (χ2v) is 13.8. The summed E-state index contributed by atoms with van der Waals surface area (Å²) >= 11 is 3.44. The highest BCUT2D eigenvalue weighted by molar-refractivity contribution is 9.10. The van der Waals surface area contributed by atoms with E-state index in [-0.39, 0.29) is 29.8 Å². The summed E-state index contributed by atoms with van der Waals surface area (Å²) in [6.45, 7) is 5.11. The van der Waals surface area contributed by atoms with Crippen LogP contribution in [0.3, 0.4) is 0 Å². The summed E-state index contributed by atoms with van der Waals surface area (Å²) in [7, 11) is -2.62. The Balaban J connectivity index is 1.82. The number of hydrogen-bond acceptors (Lipinski definition) is 5. The number of methoxy groups -OCH3 is 1. The van der Waals surface area contributed by atoms with Gasteiger partial charge in [-0.2, -0.15) is 0 Å². The number of sulfonamides is 1. The predicted molar refractivity (Wildman–Crippen MR) is 181 cm³/mol. The Morgan fingerprint density at radius 3 is 2.18 bits per heavy atom. The molecule has 0 aliphatic carbocycles. The summed E-state index contributed by atoms with van der Waals surface area (Å²) in [6.07, 6.45) is 0.233. The van der Waals surface area contributed by atoms with Gasteiger partial charge < -0.3 is 15.0 Å². The van der Waals surface area contributed by atoms with Gasteiger partial charge in [-0.3, -0.25) is 13.9 Å². The molecule has 0 saturated carbocycles. The minimum Gasteiger partial charge on any atom is -0.497 e. The van der Waals surface area contributed by atoms with Crippen LogP contribution in [0.15, 0.2) is 112 Å². The van der Waals surface area contributed by atoms with Crippen LogP contribution in [-0.4, -0.2) is 50.9 Å². The normalized spacial score (nSPS) is 12.0. The second-order valence-electron chi connectivity index (χ2n) is 11.0. The highest BCUT2D eigenvalue weighted by Gasteiger charge is 2.35. The van der Waals surface area contributed by atoms with E-state index in [1.807, 2.05) is 63.2 Å². The topological polar surface area (TPSA) is 96.0 Å². The first-order valence-electron chi connectivity index (χ1n) is 14.6. The van der Waals surface area contributed by atoms with Gasteiger partial charge in [0.15, 0.2) is 0 Å². The van der Waals surface area contributed by atoms with E-state index < -0.39 is 28.5 Å². The van der Waals surface area contributed by atoms with Gasteiger partial charge in [0, 0.05) is 23.5 Å². The van der Waals surface area contributed by atoms with Gasteiger partial charge >= 0.3 is 0 Å². The summed E-state index contributed by atoms with van der Waals surface area (Å²) in [5, 5.41) is 2.97. The number of nitrogens with zero attached hydrogens (tertiary/aromatic N) is 2. The Morgan fingerprint density at radius 2 is 1.53 bits per heavy atom. The first kappa shape index (κ1) is 33.7. The monoisotopic (exact) mass is 691 g/mol. The lowest BCUT2D eigenvalue weighted by Gasteiger charge is -2.34. The van der Waals surface area contributed by atoms with E-state index >= 15 is 0 Å². The van der Waals surface area contributed by atoms with Crippen LogP contribution in [0.4, 0.5) is 5.69 Å². The molecule has 10 heteroatoms. The maximum absolute atomic E-state index is 14.5. The molecule has 0 fully saturated rings. The lowest BCUT2D eigenvalue weighted by Crippen LogP contribution is -2.54. The van der Waals surface area contributed by atoms with Gasteiger partial charge in [0.2, 0.25) is 11.8 Å². The van der Waals surface area contributed by atoms with Crippen molar-refractivity contribution in [1.82, 2.24) is 10.2 Å². The fourth-order valence-electron chi connectivity index (χ4n) is 4.90. The first-order chi connectivity index (χ1) is 21.5. The van der Waals surface area contributed by atoms with Crippen LogP contribution in [0.2, 0.25) is 0 Å². The summed E-state index contributed by atoms with van der Waals surface area (Å²) in [4.78, 5) is 29.8. The maximum Gasteiger partial charge on any atom is 0.264 e. The molecule has 0 unspecified atom stereocenters. The molecule has 45 heavy (non-hydrogen) atoms. The number of benzene rings is 4. The van der Waals surface area contributed by atoms with Gasteiger partial charge in [-0.05, 0) is 74.4 Å². The molecule has 0 heterocycles. The van der Waals surface area contributed by atoms with Gasteiger partial charge in [-0.1, -0.05) is 82.2 Å². The van der Waals surface area contributed by atoms with Gasteiger partial charge in [0.25, 0.3) is 10.0 Å². The van der Waals surface area contributed by atoms with Crippen LogP contribution in [0.1, 0.15) is 30.5 Å². The number of nitrogens with one attached hydrogen (secondary N) is 1. The average Bonchev–Trinajstić information content (AvgIpc) is 3.01. The molecule has 8 nitrogen and oxygen atoms in total. The first-order valence-corrected chi connectivity index (χ1v) is 16.8. The molecule has 0 aliphatic rings. The number of carbonyl (C=O) groups excluding carboxylic acids is 2. The van der Waals surface area contributed by atoms with E-state index in [0.717, 1.165) is 21.0 Å². The Morgan fingerprint density at radius 1 is 0.867 bits per heavy atom. The number of anilines is 1. The standard InChI is InChI=1S/C35H38BrN3O5S/c1-25(2)37-35(41)33(21-27-10-6-5-7-11-27)38(23-28-12-8-15-31(20-28)44-4)34(40)24-39(30-14-9-13-29(36)22-30)45(42,43)32-18-16-26(3)17-19-32/h5-20,22,25,33H,21,23-24H2,1-4H3,(H,37,41)/t33-/m0/s1. The van der Waals surface area contributed by atoms with Gasteiger partial charge in [0.1, 0.15) is 18.3 Å². The van der Waals surface area contributed by atoms with Crippen LogP contribution in [0.5, 0.6) is 5.75 Å². The fraction of sp³-hybridized carbons (Fsp3) is 0.257. The van der Waals surface area contributed by atoms with E-state index in [4.69, 9.17) is 4.74 Å². The molecular formula is C35H38BrN3O5S. The highest BCUT2D eigenvalue weighted by Crippen LogP contribution is 2.28. The van der Waals surface area contributed by atoms with Crippen molar-refractivity contribution in [2.24, 2.45) is 0 Å². The molecule has 0 saturated heterocycles. The largest absolute Gasteiger partial charge is 0.497 e. The molecule has 0 bridgehead atoms. The zero-order valence-corrected chi connectivity index (χ0v) is 28.2. The molecule has 0 aromatic heterocycles. The third kappa shape index (κ3) is 8.95. The second kappa shape index (κ2) is 15.2. The van der Waals surface area contributed by atoms with Crippen LogP contribution in [0.25, 0.3) is 0 Å². The Bertz CT molecular complexity index is 1710. The van der Waals surface area contributed by atoms with Crippen molar-refractivity contribution >= 4 is 43.5 Å². The molecule has 4 rings (SSSR count). The summed E-state index contributed by atoms with van der Waals surface area (Å²) in [5.41, 5.74) is 2.81. The average molecular weight is 693 g/mol. The molecular weight excluding hydrogens is 654 g/mol.